The Morgan fingerprint density at radius 3 is 2.58 bits per heavy atom. The highest BCUT2D eigenvalue weighted by Gasteiger charge is 2.18. The van der Waals surface area contributed by atoms with Gasteiger partial charge in [-0.05, 0) is 31.3 Å². The van der Waals surface area contributed by atoms with Crippen LogP contribution in [0.3, 0.4) is 0 Å². The lowest BCUT2D eigenvalue weighted by atomic mass is 10.1. The largest absolute Gasteiger partial charge is 0.496 e. The first-order chi connectivity index (χ1) is 12.6. The predicted octanol–water partition coefficient (Wildman–Crippen LogP) is 2.16. The lowest BCUT2D eigenvalue weighted by Crippen LogP contribution is -2.44. The minimum absolute atomic E-state index is 0.159. The number of nitrogens with two attached hydrogens (primary N) is 1. The zero-order valence-corrected chi connectivity index (χ0v) is 15.4. The summed E-state index contributed by atoms with van der Waals surface area (Å²) >= 11 is 0. The van der Waals surface area contributed by atoms with Gasteiger partial charge in [-0.1, -0.05) is 18.2 Å². The third-order valence-electron chi connectivity index (χ3n) is 4.77. The molecule has 1 fully saturated rings. The van der Waals surface area contributed by atoms with E-state index < -0.39 is 0 Å². The standard InChI is InChI=1S/C20H26N4O2/c1-23-9-11-24(12-10-23)18-6-4-3-5-17(18)22-20(25)15-7-8-16(14-21)19(13-15)26-2/h3-8,13H,9-12,14,21H2,1-2H3,(H,22,25). The molecule has 1 amide bonds. The first kappa shape index (κ1) is 18.2. The number of hydrogen-bond donors (Lipinski definition) is 2. The number of carbonyl (C=O) groups is 1. The number of benzene rings is 2. The predicted molar refractivity (Wildman–Crippen MR) is 105 cm³/mol. The number of piperazine rings is 1. The zero-order chi connectivity index (χ0) is 18.5. The molecule has 0 spiro atoms. The first-order valence-electron chi connectivity index (χ1n) is 8.83. The molecule has 3 rings (SSSR count). The van der Waals surface area contributed by atoms with E-state index in [4.69, 9.17) is 10.5 Å². The Bertz CT molecular complexity index is 770. The Kier molecular flexibility index (Phi) is 5.75. The second-order valence-electron chi connectivity index (χ2n) is 6.49. The summed E-state index contributed by atoms with van der Waals surface area (Å²) in [6.07, 6.45) is 0. The van der Waals surface area contributed by atoms with Gasteiger partial charge in [-0.3, -0.25) is 4.79 Å². The number of nitrogens with zero attached hydrogens (tertiary/aromatic N) is 2. The van der Waals surface area contributed by atoms with Gasteiger partial charge in [-0.25, -0.2) is 0 Å². The minimum atomic E-state index is -0.159. The fraction of sp³-hybridized carbons (Fsp3) is 0.350. The molecule has 0 bridgehead atoms. The van der Waals surface area contributed by atoms with E-state index in [0.717, 1.165) is 43.1 Å². The molecule has 2 aromatic rings. The van der Waals surface area contributed by atoms with Gasteiger partial charge in [0, 0.05) is 43.9 Å². The van der Waals surface area contributed by atoms with Crippen molar-refractivity contribution in [3.8, 4) is 5.75 Å². The van der Waals surface area contributed by atoms with Crippen LogP contribution in [0.25, 0.3) is 0 Å². The Balaban J connectivity index is 1.80. The molecule has 138 valence electrons. The van der Waals surface area contributed by atoms with Crippen molar-refractivity contribution in [1.29, 1.82) is 0 Å². The highest BCUT2D eigenvalue weighted by Crippen LogP contribution is 2.27. The first-order valence-corrected chi connectivity index (χ1v) is 8.83. The van der Waals surface area contributed by atoms with Crippen molar-refractivity contribution < 1.29 is 9.53 Å². The van der Waals surface area contributed by atoms with E-state index in [2.05, 4.69) is 28.2 Å². The maximum Gasteiger partial charge on any atom is 0.255 e. The maximum atomic E-state index is 12.7. The number of para-hydroxylation sites is 2. The number of anilines is 2. The number of rotatable bonds is 5. The number of likely N-dealkylation sites (N-methyl/N-ethyl adjacent to an activating group) is 1. The lowest BCUT2D eigenvalue weighted by molar-refractivity contribution is 0.102. The smallest absolute Gasteiger partial charge is 0.255 e. The zero-order valence-electron chi connectivity index (χ0n) is 15.4. The van der Waals surface area contributed by atoms with E-state index in [1.807, 2.05) is 24.3 Å². The number of amides is 1. The summed E-state index contributed by atoms with van der Waals surface area (Å²) in [7, 11) is 3.71. The molecule has 1 aliphatic rings. The van der Waals surface area contributed by atoms with Crippen LogP contribution in [0.5, 0.6) is 5.75 Å². The average Bonchev–Trinajstić information content (AvgIpc) is 2.68. The van der Waals surface area contributed by atoms with Crippen LogP contribution >= 0.6 is 0 Å². The van der Waals surface area contributed by atoms with Crippen molar-refractivity contribution in [3.63, 3.8) is 0 Å². The summed E-state index contributed by atoms with van der Waals surface area (Å²) in [4.78, 5) is 17.4. The normalized spacial score (nSPS) is 15.0. The van der Waals surface area contributed by atoms with Crippen LogP contribution in [0, 0.1) is 0 Å². The number of carbonyl (C=O) groups excluding carboxylic acids is 1. The Morgan fingerprint density at radius 1 is 1.15 bits per heavy atom. The summed E-state index contributed by atoms with van der Waals surface area (Å²) < 4.78 is 5.33. The molecule has 2 aromatic carbocycles. The van der Waals surface area contributed by atoms with E-state index >= 15 is 0 Å². The van der Waals surface area contributed by atoms with Gasteiger partial charge in [0.2, 0.25) is 0 Å². The van der Waals surface area contributed by atoms with Gasteiger partial charge in [-0.15, -0.1) is 0 Å². The van der Waals surface area contributed by atoms with Crippen molar-refractivity contribution in [2.45, 2.75) is 6.54 Å². The van der Waals surface area contributed by atoms with Gasteiger partial charge in [0.1, 0.15) is 5.75 Å². The van der Waals surface area contributed by atoms with Gasteiger partial charge in [0.05, 0.1) is 18.5 Å². The molecule has 0 aromatic heterocycles. The van der Waals surface area contributed by atoms with Crippen LogP contribution in [0.1, 0.15) is 15.9 Å². The molecule has 1 aliphatic heterocycles. The number of nitrogens with one attached hydrogen (secondary N) is 1. The third-order valence-corrected chi connectivity index (χ3v) is 4.77. The minimum Gasteiger partial charge on any atom is -0.496 e. The van der Waals surface area contributed by atoms with E-state index in [9.17, 15) is 4.79 Å². The summed E-state index contributed by atoms with van der Waals surface area (Å²) in [6, 6.07) is 13.3. The Morgan fingerprint density at radius 2 is 1.88 bits per heavy atom. The highest BCUT2D eigenvalue weighted by molar-refractivity contribution is 6.06. The van der Waals surface area contributed by atoms with Gasteiger partial charge in [0.25, 0.3) is 5.91 Å². The number of methoxy groups -OCH3 is 1. The molecule has 0 radical (unpaired) electrons. The van der Waals surface area contributed by atoms with E-state index in [0.29, 0.717) is 17.9 Å². The number of ether oxygens (including phenoxy) is 1. The highest BCUT2D eigenvalue weighted by atomic mass is 16.5. The lowest BCUT2D eigenvalue weighted by Gasteiger charge is -2.35. The fourth-order valence-corrected chi connectivity index (χ4v) is 3.15. The summed E-state index contributed by atoms with van der Waals surface area (Å²) in [6.45, 7) is 4.29. The molecule has 3 N–H and O–H groups in total. The molecule has 1 saturated heterocycles. The molecular weight excluding hydrogens is 328 g/mol. The molecule has 0 saturated carbocycles. The van der Waals surface area contributed by atoms with Crippen molar-refractivity contribution in [2.24, 2.45) is 5.73 Å². The topological polar surface area (TPSA) is 70.8 Å². The van der Waals surface area contributed by atoms with Gasteiger partial charge >= 0.3 is 0 Å². The van der Waals surface area contributed by atoms with Crippen LogP contribution in [-0.4, -0.2) is 51.1 Å². The molecular formula is C20H26N4O2. The second-order valence-corrected chi connectivity index (χ2v) is 6.49. The SMILES string of the molecule is COc1cc(C(=O)Nc2ccccc2N2CCN(C)CC2)ccc1CN. The van der Waals surface area contributed by atoms with Crippen molar-refractivity contribution in [2.75, 3.05) is 50.6 Å². The average molecular weight is 354 g/mol. The maximum absolute atomic E-state index is 12.7. The van der Waals surface area contributed by atoms with Crippen molar-refractivity contribution in [1.82, 2.24) is 4.90 Å². The fourth-order valence-electron chi connectivity index (χ4n) is 3.15. The molecule has 0 aliphatic carbocycles. The van der Waals surface area contributed by atoms with Crippen molar-refractivity contribution >= 4 is 17.3 Å². The monoisotopic (exact) mass is 354 g/mol. The van der Waals surface area contributed by atoms with Crippen LogP contribution in [0.2, 0.25) is 0 Å². The molecule has 1 heterocycles. The van der Waals surface area contributed by atoms with Crippen LogP contribution in [-0.2, 0) is 6.54 Å². The molecule has 6 heteroatoms. The van der Waals surface area contributed by atoms with E-state index in [1.165, 1.54) is 0 Å². The summed E-state index contributed by atoms with van der Waals surface area (Å²) in [5.74, 6) is 0.473. The van der Waals surface area contributed by atoms with Gasteiger partial charge < -0.3 is 25.6 Å². The van der Waals surface area contributed by atoms with Gasteiger partial charge in [-0.2, -0.15) is 0 Å². The van der Waals surface area contributed by atoms with E-state index in [-0.39, 0.29) is 5.91 Å². The Hall–Kier alpha value is -2.57. The Labute approximate surface area is 154 Å². The van der Waals surface area contributed by atoms with Crippen molar-refractivity contribution in [3.05, 3.63) is 53.6 Å². The second kappa shape index (κ2) is 8.21. The van der Waals surface area contributed by atoms with Crippen LogP contribution < -0.4 is 20.7 Å². The summed E-state index contributed by atoms with van der Waals surface area (Å²) in [5, 5.41) is 3.04. The third kappa shape index (κ3) is 3.98. The quantitative estimate of drug-likeness (QED) is 0.861. The van der Waals surface area contributed by atoms with Crippen LogP contribution in [0.15, 0.2) is 42.5 Å². The summed E-state index contributed by atoms with van der Waals surface area (Å²) in [5.41, 5.74) is 9.00. The van der Waals surface area contributed by atoms with Crippen LogP contribution in [0.4, 0.5) is 11.4 Å². The molecule has 0 unspecified atom stereocenters. The molecule has 6 nitrogen and oxygen atoms in total. The van der Waals surface area contributed by atoms with E-state index in [1.54, 1.807) is 19.2 Å². The number of hydrogen-bond acceptors (Lipinski definition) is 5. The van der Waals surface area contributed by atoms with Gasteiger partial charge in [0.15, 0.2) is 0 Å². The molecule has 0 atom stereocenters. The molecule has 26 heavy (non-hydrogen) atoms.